The molecule has 0 aliphatic carbocycles. The van der Waals surface area contributed by atoms with Gasteiger partial charge in [-0.1, -0.05) is 12.1 Å². The van der Waals surface area contributed by atoms with Crippen LogP contribution < -0.4 is 14.8 Å². The first-order valence-corrected chi connectivity index (χ1v) is 10.2. The summed E-state index contributed by atoms with van der Waals surface area (Å²) in [5.41, 5.74) is 2.00. The smallest absolute Gasteiger partial charge is 0.238 e. The normalized spacial score (nSPS) is 16.5. The number of ether oxygens (including phenoxy) is 2. The number of benzene rings is 2. The minimum atomic E-state index is -0.213. The maximum Gasteiger partial charge on any atom is 0.238 e. The van der Waals surface area contributed by atoms with E-state index in [1.54, 1.807) is 12.1 Å². The highest BCUT2D eigenvalue weighted by atomic mass is 19.1. The lowest BCUT2D eigenvalue weighted by Crippen LogP contribution is -2.39. The summed E-state index contributed by atoms with van der Waals surface area (Å²) in [5, 5.41) is 2.85. The van der Waals surface area contributed by atoms with Crippen molar-refractivity contribution in [3.63, 3.8) is 0 Å². The van der Waals surface area contributed by atoms with Crippen LogP contribution in [-0.2, 0) is 11.2 Å². The summed E-state index contributed by atoms with van der Waals surface area (Å²) in [4.78, 5) is 26.7. The number of ketones is 1. The summed E-state index contributed by atoms with van der Waals surface area (Å²) in [5.74, 6) is 1.06. The third kappa shape index (κ3) is 4.79. The van der Waals surface area contributed by atoms with Crippen LogP contribution in [0.15, 0.2) is 36.4 Å². The number of amides is 1. The highest BCUT2D eigenvalue weighted by molar-refractivity contribution is 6.05. The van der Waals surface area contributed by atoms with Gasteiger partial charge in [0.1, 0.15) is 5.82 Å². The van der Waals surface area contributed by atoms with Gasteiger partial charge in [-0.2, -0.15) is 0 Å². The fourth-order valence-electron chi connectivity index (χ4n) is 4.03. The topological polar surface area (TPSA) is 67.9 Å². The van der Waals surface area contributed by atoms with Crippen LogP contribution in [-0.4, -0.2) is 43.0 Å². The molecule has 2 aliphatic rings. The van der Waals surface area contributed by atoms with Crippen molar-refractivity contribution < 1.29 is 23.5 Å². The van der Waals surface area contributed by atoms with Crippen LogP contribution in [0, 0.1) is 11.7 Å². The second-order valence-electron chi connectivity index (χ2n) is 7.91. The Hall–Kier alpha value is -2.93. The average Bonchev–Trinajstić information content (AvgIpc) is 3.18. The third-order valence-electron chi connectivity index (χ3n) is 5.68. The van der Waals surface area contributed by atoms with E-state index in [1.807, 2.05) is 12.1 Å². The molecule has 1 N–H and O–H groups in total. The lowest BCUT2D eigenvalue weighted by Gasteiger charge is -2.31. The van der Waals surface area contributed by atoms with Crippen LogP contribution >= 0.6 is 0 Å². The first-order chi connectivity index (χ1) is 14.5. The Balaban J connectivity index is 1.30. The molecule has 2 aromatic carbocycles. The van der Waals surface area contributed by atoms with Crippen molar-refractivity contribution in [2.45, 2.75) is 26.2 Å². The lowest BCUT2D eigenvalue weighted by atomic mass is 9.90. The monoisotopic (exact) mass is 412 g/mol. The van der Waals surface area contributed by atoms with E-state index in [4.69, 9.17) is 9.47 Å². The first kappa shape index (κ1) is 20.3. The Bertz CT molecular complexity index is 937. The second-order valence-corrected chi connectivity index (χ2v) is 7.91. The number of hydrogen-bond acceptors (Lipinski definition) is 5. The largest absolute Gasteiger partial charge is 0.454 e. The van der Waals surface area contributed by atoms with Crippen LogP contribution in [0.4, 0.5) is 10.1 Å². The Morgan fingerprint density at radius 3 is 2.43 bits per heavy atom. The van der Waals surface area contributed by atoms with E-state index >= 15 is 0 Å². The SMILES string of the molecule is CC(=O)c1cc2c(cc1NC(=O)CN1CCC(Cc3ccc(F)cc3)CC1)OCO2. The van der Waals surface area contributed by atoms with Crippen molar-refractivity contribution >= 4 is 17.4 Å². The molecule has 0 aromatic heterocycles. The van der Waals surface area contributed by atoms with Crippen LogP contribution in [0.5, 0.6) is 11.5 Å². The number of piperidine rings is 1. The molecule has 30 heavy (non-hydrogen) atoms. The van der Waals surface area contributed by atoms with Crippen LogP contribution in [0.25, 0.3) is 0 Å². The zero-order chi connectivity index (χ0) is 21.1. The molecule has 0 atom stereocenters. The van der Waals surface area contributed by atoms with E-state index in [0.29, 0.717) is 28.7 Å². The molecular weight excluding hydrogens is 387 g/mol. The zero-order valence-electron chi connectivity index (χ0n) is 16.9. The Morgan fingerprint density at radius 2 is 1.77 bits per heavy atom. The van der Waals surface area contributed by atoms with Gasteiger partial charge in [-0.15, -0.1) is 0 Å². The van der Waals surface area contributed by atoms with E-state index in [2.05, 4.69) is 10.2 Å². The summed E-state index contributed by atoms with van der Waals surface area (Å²) >= 11 is 0. The highest BCUT2D eigenvalue weighted by Gasteiger charge is 2.23. The minimum Gasteiger partial charge on any atom is -0.454 e. The summed E-state index contributed by atoms with van der Waals surface area (Å²) in [6, 6.07) is 9.94. The number of Topliss-reactive ketones (excluding diaryl/α,β-unsaturated/α-hetero) is 1. The summed E-state index contributed by atoms with van der Waals surface area (Å²) in [7, 11) is 0. The van der Waals surface area contributed by atoms with E-state index < -0.39 is 0 Å². The Labute approximate surface area is 175 Å². The molecule has 1 saturated heterocycles. The van der Waals surface area contributed by atoms with Crippen molar-refractivity contribution in [1.29, 1.82) is 0 Å². The van der Waals surface area contributed by atoms with Gasteiger partial charge < -0.3 is 14.8 Å². The molecule has 2 aliphatic heterocycles. The summed E-state index contributed by atoms with van der Waals surface area (Å²) in [6.07, 6.45) is 2.92. The fourth-order valence-corrected chi connectivity index (χ4v) is 4.03. The van der Waals surface area contributed by atoms with E-state index in [1.165, 1.54) is 19.1 Å². The van der Waals surface area contributed by atoms with Crippen molar-refractivity contribution in [1.82, 2.24) is 4.90 Å². The van der Waals surface area contributed by atoms with Crippen molar-refractivity contribution in [3.8, 4) is 11.5 Å². The van der Waals surface area contributed by atoms with E-state index in [9.17, 15) is 14.0 Å². The molecule has 0 saturated carbocycles. The third-order valence-corrected chi connectivity index (χ3v) is 5.68. The number of anilines is 1. The number of hydrogen-bond donors (Lipinski definition) is 1. The first-order valence-electron chi connectivity index (χ1n) is 10.2. The van der Waals surface area contributed by atoms with Gasteiger partial charge in [0.05, 0.1) is 12.2 Å². The van der Waals surface area contributed by atoms with Crippen LogP contribution in [0.1, 0.15) is 35.7 Å². The van der Waals surface area contributed by atoms with Crippen LogP contribution in [0.3, 0.4) is 0 Å². The van der Waals surface area contributed by atoms with Gasteiger partial charge in [0.25, 0.3) is 0 Å². The maximum absolute atomic E-state index is 13.1. The van der Waals surface area contributed by atoms with Gasteiger partial charge >= 0.3 is 0 Å². The van der Waals surface area contributed by atoms with Crippen molar-refractivity contribution in [2.75, 3.05) is 31.7 Å². The Morgan fingerprint density at radius 1 is 1.10 bits per heavy atom. The highest BCUT2D eigenvalue weighted by Crippen LogP contribution is 2.37. The van der Waals surface area contributed by atoms with Crippen molar-refractivity contribution in [3.05, 3.63) is 53.3 Å². The maximum atomic E-state index is 13.1. The molecule has 7 heteroatoms. The number of carbonyl (C=O) groups is 2. The zero-order valence-corrected chi connectivity index (χ0v) is 16.9. The number of carbonyl (C=O) groups excluding carboxylic acids is 2. The standard InChI is InChI=1S/C23H25FN2O4/c1-15(27)19-11-21-22(30-14-29-21)12-20(19)25-23(28)13-26-8-6-17(7-9-26)10-16-2-4-18(24)5-3-16/h2-5,11-12,17H,6-10,13-14H2,1H3,(H,25,28). The lowest BCUT2D eigenvalue weighted by molar-refractivity contribution is -0.117. The second kappa shape index (κ2) is 8.83. The molecule has 0 unspecified atom stereocenters. The predicted octanol–water partition coefficient (Wildman–Crippen LogP) is 3.65. The van der Waals surface area contributed by atoms with Gasteiger partial charge in [0, 0.05) is 11.6 Å². The molecule has 6 nitrogen and oxygen atoms in total. The molecule has 2 aromatic rings. The molecule has 0 radical (unpaired) electrons. The molecule has 0 spiro atoms. The van der Waals surface area contributed by atoms with E-state index in [0.717, 1.165) is 37.9 Å². The number of nitrogens with one attached hydrogen (secondary N) is 1. The molecule has 2 heterocycles. The molecule has 0 bridgehead atoms. The van der Waals surface area contributed by atoms with Gasteiger partial charge in [0.2, 0.25) is 12.7 Å². The van der Waals surface area contributed by atoms with E-state index in [-0.39, 0.29) is 30.8 Å². The van der Waals surface area contributed by atoms with Gasteiger partial charge in [-0.05, 0) is 69.0 Å². The predicted molar refractivity (Wildman–Crippen MR) is 110 cm³/mol. The van der Waals surface area contributed by atoms with Gasteiger partial charge in [-0.25, -0.2) is 4.39 Å². The molecule has 4 rings (SSSR count). The minimum absolute atomic E-state index is 0.108. The van der Waals surface area contributed by atoms with Crippen molar-refractivity contribution in [2.24, 2.45) is 5.92 Å². The number of nitrogens with zero attached hydrogens (tertiary/aromatic N) is 1. The average molecular weight is 412 g/mol. The molecule has 1 fully saturated rings. The number of rotatable bonds is 6. The fraction of sp³-hybridized carbons (Fsp3) is 0.391. The molecule has 158 valence electrons. The summed E-state index contributed by atoms with van der Waals surface area (Å²) < 4.78 is 23.7. The Kier molecular flexibility index (Phi) is 5.99. The van der Waals surface area contributed by atoms with Gasteiger partial charge in [0.15, 0.2) is 17.3 Å². The summed E-state index contributed by atoms with van der Waals surface area (Å²) in [6.45, 7) is 3.51. The molecular formula is C23H25FN2O4. The molecule has 1 amide bonds. The number of halogens is 1. The van der Waals surface area contributed by atoms with Crippen LogP contribution in [0.2, 0.25) is 0 Å². The quantitative estimate of drug-likeness (QED) is 0.734. The van der Waals surface area contributed by atoms with Gasteiger partial charge in [-0.3, -0.25) is 14.5 Å². The number of likely N-dealkylation sites (tertiary alicyclic amines) is 1. The number of fused-ring (bicyclic) bond motifs is 1.